The summed E-state index contributed by atoms with van der Waals surface area (Å²) in [5.41, 5.74) is 1.30. The van der Waals surface area contributed by atoms with Gasteiger partial charge in [0, 0.05) is 30.8 Å². The average Bonchev–Trinajstić information content (AvgIpc) is 3.08. The molecule has 1 aliphatic heterocycles. The van der Waals surface area contributed by atoms with E-state index >= 15 is 0 Å². The van der Waals surface area contributed by atoms with E-state index in [2.05, 4.69) is 53.4 Å². The van der Waals surface area contributed by atoms with Crippen LogP contribution in [0.3, 0.4) is 0 Å². The summed E-state index contributed by atoms with van der Waals surface area (Å²) in [4.78, 5) is 4.34. The van der Waals surface area contributed by atoms with E-state index < -0.39 is 0 Å². The molecule has 1 unspecified atom stereocenters. The van der Waals surface area contributed by atoms with Gasteiger partial charge in [0.05, 0.1) is 7.11 Å². The van der Waals surface area contributed by atoms with Crippen molar-refractivity contribution in [3.8, 4) is 5.75 Å². The van der Waals surface area contributed by atoms with Crippen LogP contribution in [0.25, 0.3) is 0 Å². The molecule has 0 bridgehead atoms. The van der Waals surface area contributed by atoms with Crippen LogP contribution < -0.4 is 15.4 Å². The molecule has 0 aliphatic carbocycles. The summed E-state index contributed by atoms with van der Waals surface area (Å²) in [6.45, 7) is 6.30. The average molecular weight is 336 g/mol. The number of thioether (sulfide) groups is 1. The van der Waals surface area contributed by atoms with Gasteiger partial charge in [0.1, 0.15) is 5.75 Å². The highest BCUT2D eigenvalue weighted by Crippen LogP contribution is 2.26. The molecule has 1 fully saturated rings. The summed E-state index contributed by atoms with van der Waals surface area (Å²) in [6, 6.07) is 8.29. The van der Waals surface area contributed by atoms with Crippen LogP contribution in [0.4, 0.5) is 0 Å². The molecule has 1 atom stereocenters. The van der Waals surface area contributed by atoms with Crippen molar-refractivity contribution in [1.29, 1.82) is 0 Å². The van der Waals surface area contributed by atoms with Crippen LogP contribution in [0.5, 0.6) is 5.75 Å². The molecule has 1 saturated heterocycles. The largest absolute Gasteiger partial charge is 0.497 e. The summed E-state index contributed by atoms with van der Waals surface area (Å²) in [5.74, 6) is 3.08. The van der Waals surface area contributed by atoms with Crippen LogP contribution in [0, 0.1) is 0 Å². The van der Waals surface area contributed by atoms with Crippen molar-refractivity contribution in [2.75, 3.05) is 33.0 Å². The molecule has 0 spiro atoms. The Morgan fingerprint density at radius 2 is 2.04 bits per heavy atom. The third kappa shape index (κ3) is 5.34. The maximum Gasteiger partial charge on any atom is 0.191 e. The Morgan fingerprint density at radius 3 is 2.61 bits per heavy atom. The predicted molar refractivity (Wildman–Crippen MR) is 101 cm³/mol. The normalized spacial score (nSPS) is 18.8. The zero-order valence-corrected chi connectivity index (χ0v) is 15.5. The van der Waals surface area contributed by atoms with E-state index in [9.17, 15) is 0 Å². The summed E-state index contributed by atoms with van der Waals surface area (Å²) < 4.78 is 5.23. The molecule has 1 aromatic rings. The van der Waals surface area contributed by atoms with Crippen molar-refractivity contribution in [3.63, 3.8) is 0 Å². The molecule has 0 amide bonds. The molecular formula is C18H29N3OS. The van der Waals surface area contributed by atoms with Gasteiger partial charge >= 0.3 is 0 Å². The predicted octanol–water partition coefficient (Wildman–Crippen LogP) is 3.03. The molecule has 0 saturated carbocycles. The first-order valence-corrected chi connectivity index (χ1v) is 9.30. The highest BCUT2D eigenvalue weighted by molar-refractivity contribution is 8.00. The fraction of sp³-hybridized carbons (Fsp3) is 0.611. The Balaban J connectivity index is 1.85. The lowest BCUT2D eigenvalue weighted by Gasteiger charge is -2.27. The van der Waals surface area contributed by atoms with Crippen molar-refractivity contribution in [1.82, 2.24) is 10.6 Å². The van der Waals surface area contributed by atoms with Gasteiger partial charge < -0.3 is 15.4 Å². The third-order valence-corrected chi connectivity index (χ3v) is 5.71. The van der Waals surface area contributed by atoms with E-state index in [0.717, 1.165) is 30.0 Å². The second-order valence-electron chi connectivity index (χ2n) is 6.55. The van der Waals surface area contributed by atoms with Crippen molar-refractivity contribution >= 4 is 17.7 Å². The number of aliphatic imine (C=N–C) groups is 1. The minimum absolute atomic E-state index is 0.0198. The Hall–Kier alpha value is -1.36. The van der Waals surface area contributed by atoms with Crippen LogP contribution >= 0.6 is 11.8 Å². The zero-order valence-electron chi connectivity index (χ0n) is 14.7. The number of methoxy groups -OCH3 is 1. The highest BCUT2D eigenvalue weighted by Gasteiger charge is 2.21. The fourth-order valence-electron chi connectivity index (χ4n) is 2.69. The number of hydrogen-bond acceptors (Lipinski definition) is 3. The van der Waals surface area contributed by atoms with Crippen LogP contribution in [0.2, 0.25) is 0 Å². The molecule has 1 aromatic carbocycles. The molecule has 4 nitrogen and oxygen atoms in total. The van der Waals surface area contributed by atoms with E-state index in [1.54, 1.807) is 7.11 Å². The number of rotatable bonds is 6. The van der Waals surface area contributed by atoms with Crippen molar-refractivity contribution in [3.05, 3.63) is 29.8 Å². The van der Waals surface area contributed by atoms with Gasteiger partial charge in [0.2, 0.25) is 0 Å². The Bertz CT molecular complexity index is 508. The second-order valence-corrected chi connectivity index (χ2v) is 7.96. The number of guanidine groups is 1. The first kappa shape index (κ1) is 18.0. The van der Waals surface area contributed by atoms with Gasteiger partial charge in [0.25, 0.3) is 0 Å². The number of nitrogens with zero attached hydrogens (tertiary/aromatic N) is 1. The Morgan fingerprint density at radius 1 is 1.30 bits per heavy atom. The molecule has 0 radical (unpaired) electrons. The van der Waals surface area contributed by atoms with Crippen LogP contribution in [0.15, 0.2) is 29.3 Å². The van der Waals surface area contributed by atoms with Gasteiger partial charge in [-0.15, -0.1) is 0 Å². The first-order valence-electron chi connectivity index (χ1n) is 8.26. The van der Waals surface area contributed by atoms with Crippen LogP contribution in [0.1, 0.15) is 32.3 Å². The van der Waals surface area contributed by atoms with E-state index in [-0.39, 0.29) is 5.41 Å². The van der Waals surface area contributed by atoms with E-state index in [1.165, 1.54) is 24.2 Å². The molecule has 23 heavy (non-hydrogen) atoms. The summed E-state index contributed by atoms with van der Waals surface area (Å²) in [5, 5.41) is 7.64. The molecule has 0 aromatic heterocycles. The first-order chi connectivity index (χ1) is 11.0. The minimum atomic E-state index is 0.0198. The molecule has 1 aliphatic rings. The smallest absolute Gasteiger partial charge is 0.191 e. The quantitative estimate of drug-likeness (QED) is 0.620. The summed E-state index contributed by atoms with van der Waals surface area (Å²) in [6.07, 6.45) is 2.65. The molecular weight excluding hydrogens is 306 g/mol. The fourth-order valence-corrected chi connectivity index (χ4v) is 3.89. The van der Waals surface area contributed by atoms with Gasteiger partial charge in [-0.05, 0) is 36.3 Å². The number of hydrogen-bond donors (Lipinski definition) is 2. The van der Waals surface area contributed by atoms with Gasteiger partial charge in [-0.25, -0.2) is 0 Å². The van der Waals surface area contributed by atoms with E-state index in [1.807, 2.05) is 19.2 Å². The highest BCUT2D eigenvalue weighted by atomic mass is 32.2. The Labute approximate surface area is 144 Å². The molecule has 2 N–H and O–H groups in total. The van der Waals surface area contributed by atoms with Crippen LogP contribution in [-0.4, -0.2) is 44.2 Å². The lowest BCUT2D eigenvalue weighted by atomic mass is 9.84. The van der Waals surface area contributed by atoms with E-state index in [0.29, 0.717) is 0 Å². The lowest BCUT2D eigenvalue weighted by Crippen LogP contribution is -2.45. The lowest BCUT2D eigenvalue weighted by molar-refractivity contribution is 0.414. The zero-order chi connectivity index (χ0) is 16.7. The standard InChI is InChI=1S/C18H29N3OS/c1-18(2,14-7-9-15(22-4)10-8-14)13-21-17(19-3)20-12-16-6-5-11-23-16/h7-10,16H,5-6,11-13H2,1-4H3,(H2,19,20,21). The van der Waals surface area contributed by atoms with Crippen LogP contribution in [-0.2, 0) is 5.41 Å². The van der Waals surface area contributed by atoms with Crippen molar-refractivity contribution in [2.45, 2.75) is 37.4 Å². The van der Waals surface area contributed by atoms with Gasteiger partial charge in [-0.3, -0.25) is 4.99 Å². The maximum atomic E-state index is 5.23. The monoisotopic (exact) mass is 335 g/mol. The summed E-state index contributed by atoms with van der Waals surface area (Å²) in [7, 11) is 3.53. The molecule has 128 valence electrons. The number of benzene rings is 1. The molecule has 1 heterocycles. The van der Waals surface area contributed by atoms with Gasteiger partial charge in [-0.1, -0.05) is 26.0 Å². The Kier molecular flexibility index (Phi) is 6.63. The SMILES string of the molecule is CN=C(NCC1CCCS1)NCC(C)(C)c1ccc(OC)cc1. The topological polar surface area (TPSA) is 45.7 Å². The number of ether oxygens (including phenoxy) is 1. The summed E-state index contributed by atoms with van der Waals surface area (Å²) >= 11 is 2.06. The van der Waals surface area contributed by atoms with Crippen molar-refractivity contribution in [2.24, 2.45) is 4.99 Å². The maximum absolute atomic E-state index is 5.23. The van der Waals surface area contributed by atoms with Gasteiger partial charge in [-0.2, -0.15) is 11.8 Å². The molecule has 5 heteroatoms. The second kappa shape index (κ2) is 8.48. The number of nitrogens with one attached hydrogen (secondary N) is 2. The third-order valence-electron chi connectivity index (χ3n) is 4.31. The van der Waals surface area contributed by atoms with E-state index in [4.69, 9.17) is 4.74 Å². The van der Waals surface area contributed by atoms with Crippen molar-refractivity contribution < 1.29 is 4.74 Å². The van der Waals surface area contributed by atoms with Gasteiger partial charge in [0.15, 0.2) is 5.96 Å². The minimum Gasteiger partial charge on any atom is -0.497 e. The molecule has 2 rings (SSSR count).